The highest BCUT2D eigenvalue weighted by atomic mass is 32.2. The fourth-order valence-corrected chi connectivity index (χ4v) is 4.98. The van der Waals surface area contributed by atoms with E-state index in [1.807, 2.05) is 0 Å². The van der Waals surface area contributed by atoms with Crippen molar-refractivity contribution in [1.82, 2.24) is 4.98 Å². The second-order valence-corrected chi connectivity index (χ2v) is 9.19. The van der Waals surface area contributed by atoms with Gasteiger partial charge in [0.15, 0.2) is 16.8 Å². The number of hydrogen-bond acceptors (Lipinski definition) is 13. The van der Waals surface area contributed by atoms with E-state index in [2.05, 4.69) is 4.98 Å². The molecule has 14 heteroatoms. The monoisotopic (exact) mass is 467 g/mol. The lowest BCUT2D eigenvalue weighted by Crippen LogP contribution is -2.65. The quantitative estimate of drug-likeness (QED) is 0.210. The SMILES string of the molecule is O=S(=O)(c1ccccn1)C1O[C@H](CO)[C@@H](O[C@H]2O[C@H](CO)[C@@H](O)[C@H](O)[C@H]2O)[C@H](O)[C@H]1O. The van der Waals surface area contributed by atoms with E-state index in [-0.39, 0.29) is 0 Å². The lowest BCUT2D eigenvalue weighted by atomic mass is 9.97. The molecule has 2 saturated heterocycles. The Morgan fingerprint density at radius 3 is 2.13 bits per heavy atom. The van der Waals surface area contributed by atoms with E-state index in [4.69, 9.17) is 14.2 Å². The highest BCUT2D eigenvalue weighted by molar-refractivity contribution is 7.91. The zero-order valence-corrected chi connectivity index (χ0v) is 16.8. The first-order valence-corrected chi connectivity index (χ1v) is 10.9. The normalized spacial score (nSPS) is 41.8. The van der Waals surface area contributed by atoms with Crippen molar-refractivity contribution >= 4 is 9.84 Å². The lowest BCUT2D eigenvalue weighted by molar-refractivity contribution is -0.338. The summed E-state index contributed by atoms with van der Waals surface area (Å²) >= 11 is 0. The number of aliphatic hydroxyl groups excluding tert-OH is 7. The van der Waals surface area contributed by atoms with Gasteiger partial charge in [-0.05, 0) is 12.1 Å². The van der Waals surface area contributed by atoms with Gasteiger partial charge in [0.1, 0.15) is 48.8 Å². The summed E-state index contributed by atoms with van der Waals surface area (Å²) in [5, 5.41) is 69.2. The summed E-state index contributed by atoms with van der Waals surface area (Å²) in [4.78, 5) is 3.71. The molecule has 2 aliphatic heterocycles. The highest BCUT2D eigenvalue weighted by Gasteiger charge is 2.53. The van der Waals surface area contributed by atoms with Crippen molar-refractivity contribution in [3.8, 4) is 0 Å². The van der Waals surface area contributed by atoms with Gasteiger partial charge < -0.3 is 50.0 Å². The van der Waals surface area contributed by atoms with Crippen LogP contribution >= 0.6 is 0 Å². The van der Waals surface area contributed by atoms with Crippen molar-refractivity contribution in [2.24, 2.45) is 0 Å². The molecule has 1 unspecified atom stereocenters. The van der Waals surface area contributed by atoms with E-state index in [0.717, 1.165) is 0 Å². The van der Waals surface area contributed by atoms with E-state index >= 15 is 0 Å². The van der Waals surface area contributed by atoms with Gasteiger partial charge in [0.2, 0.25) is 9.84 Å². The van der Waals surface area contributed by atoms with Crippen LogP contribution in [0.3, 0.4) is 0 Å². The number of hydrogen-bond donors (Lipinski definition) is 7. The number of ether oxygens (including phenoxy) is 3. The molecule has 1 aromatic rings. The van der Waals surface area contributed by atoms with Gasteiger partial charge in [-0.1, -0.05) is 6.07 Å². The Morgan fingerprint density at radius 1 is 0.871 bits per heavy atom. The van der Waals surface area contributed by atoms with Gasteiger partial charge in [0, 0.05) is 6.20 Å². The van der Waals surface area contributed by atoms with Gasteiger partial charge in [-0.25, -0.2) is 13.4 Å². The molecular formula is C17H25NO12S. The molecule has 3 heterocycles. The maximum atomic E-state index is 12.8. The molecule has 3 rings (SSSR count). The molecule has 0 spiro atoms. The minimum Gasteiger partial charge on any atom is -0.394 e. The summed E-state index contributed by atoms with van der Waals surface area (Å²) < 4.78 is 41.4. The molecular weight excluding hydrogens is 442 g/mol. The van der Waals surface area contributed by atoms with E-state index in [0.29, 0.717) is 0 Å². The molecule has 7 N–H and O–H groups in total. The summed E-state index contributed by atoms with van der Waals surface area (Å²) in [7, 11) is -4.38. The smallest absolute Gasteiger partial charge is 0.225 e. The third-order valence-electron chi connectivity index (χ3n) is 5.20. The Morgan fingerprint density at radius 2 is 1.55 bits per heavy atom. The largest absolute Gasteiger partial charge is 0.394 e. The van der Waals surface area contributed by atoms with Gasteiger partial charge in [0.25, 0.3) is 0 Å². The molecule has 31 heavy (non-hydrogen) atoms. The number of aliphatic hydroxyl groups is 7. The molecule has 0 aromatic carbocycles. The van der Waals surface area contributed by atoms with Crippen molar-refractivity contribution in [2.45, 2.75) is 65.6 Å². The van der Waals surface area contributed by atoms with Crippen LogP contribution in [0, 0.1) is 0 Å². The van der Waals surface area contributed by atoms with Crippen molar-refractivity contribution in [1.29, 1.82) is 0 Å². The molecule has 1 aromatic heterocycles. The summed E-state index contributed by atoms with van der Waals surface area (Å²) in [6.07, 6.45) is -14.1. The van der Waals surface area contributed by atoms with Crippen LogP contribution in [0.5, 0.6) is 0 Å². The first-order valence-electron chi connectivity index (χ1n) is 9.36. The average Bonchev–Trinajstić information content (AvgIpc) is 2.77. The van der Waals surface area contributed by atoms with Crippen molar-refractivity contribution in [3.63, 3.8) is 0 Å². The second kappa shape index (κ2) is 9.68. The maximum absolute atomic E-state index is 12.8. The molecule has 0 amide bonds. The molecule has 0 aliphatic carbocycles. The Labute approximate surface area is 177 Å². The van der Waals surface area contributed by atoms with Gasteiger partial charge in [-0.2, -0.15) is 0 Å². The number of pyridine rings is 1. The van der Waals surface area contributed by atoms with Crippen LogP contribution in [0.1, 0.15) is 0 Å². The molecule has 0 saturated carbocycles. The van der Waals surface area contributed by atoms with E-state index in [9.17, 15) is 44.2 Å². The summed E-state index contributed by atoms with van der Waals surface area (Å²) in [6.45, 7) is -1.58. The predicted octanol–water partition coefficient (Wildman–Crippen LogP) is -4.52. The third kappa shape index (κ3) is 4.60. The van der Waals surface area contributed by atoms with E-state index < -0.39 is 88.6 Å². The van der Waals surface area contributed by atoms with Crippen molar-refractivity contribution in [2.75, 3.05) is 13.2 Å². The standard InChI is InChI=1S/C17H25NO12S/c19-5-7-10(21)11(22)13(24)16(28-7)30-15-8(6-20)29-17(14(25)12(15)23)31(26,27)9-3-1-2-4-18-9/h1-4,7-8,10-17,19-25H,5-6H2/t7-,8-,10-,11+,12-,13-,14-,15-,16-,17?/m1/s1. The topological polar surface area (TPSA) is 216 Å². The molecule has 10 atom stereocenters. The minimum atomic E-state index is -4.38. The number of aromatic nitrogens is 1. The predicted molar refractivity (Wildman–Crippen MR) is 97.8 cm³/mol. The average molecular weight is 467 g/mol. The maximum Gasteiger partial charge on any atom is 0.225 e. The number of nitrogens with zero attached hydrogens (tertiary/aromatic N) is 1. The lowest BCUT2D eigenvalue weighted by Gasteiger charge is -2.45. The summed E-state index contributed by atoms with van der Waals surface area (Å²) in [5.41, 5.74) is -1.98. The fraction of sp³-hybridized carbons (Fsp3) is 0.706. The Kier molecular flexibility index (Phi) is 7.60. The molecule has 13 nitrogen and oxygen atoms in total. The minimum absolute atomic E-state index is 0.420. The van der Waals surface area contributed by atoms with Crippen LogP contribution in [-0.4, -0.2) is 123 Å². The molecule has 0 radical (unpaired) electrons. The van der Waals surface area contributed by atoms with Crippen LogP contribution < -0.4 is 0 Å². The van der Waals surface area contributed by atoms with Crippen LogP contribution in [0.25, 0.3) is 0 Å². The van der Waals surface area contributed by atoms with E-state index in [1.54, 1.807) is 0 Å². The summed E-state index contributed by atoms with van der Waals surface area (Å²) in [6, 6.07) is 4.05. The van der Waals surface area contributed by atoms with Crippen LogP contribution in [-0.2, 0) is 24.0 Å². The van der Waals surface area contributed by atoms with Crippen molar-refractivity contribution in [3.05, 3.63) is 24.4 Å². The summed E-state index contributed by atoms with van der Waals surface area (Å²) in [5.74, 6) is 0. The Bertz CT molecular complexity index is 822. The zero-order chi connectivity index (χ0) is 22.9. The second-order valence-electron chi connectivity index (χ2n) is 7.22. The third-order valence-corrected chi connectivity index (χ3v) is 7.02. The van der Waals surface area contributed by atoms with E-state index in [1.165, 1.54) is 24.4 Å². The van der Waals surface area contributed by atoms with Crippen LogP contribution in [0.4, 0.5) is 0 Å². The van der Waals surface area contributed by atoms with Gasteiger partial charge in [0.05, 0.1) is 13.2 Å². The Hall–Kier alpha value is -1.30. The van der Waals surface area contributed by atoms with Gasteiger partial charge >= 0.3 is 0 Å². The first-order chi connectivity index (χ1) is 14.6. The van der Waals surface area contributed by atoms with Crippen LogP contribution in [0.2, 0.25) is 0 Å². The Balaban J connectivity index is 1.81. The highest BCUT2D eigenvalue weighted by Crippen LogP contribution is 2.32. The fourth-order valence-electron chi connectivity index (χ4n) is 3.45. The number of rotatable bonds is 6. The first kappa shape index (κ1) is 24.3. The molecule has 0 bridgehead atoms. The molecule has 176 valence electrons. The molecule has 2 fully saturated rings. The van der Waals surface area contributed by atoms with Gasteiger partial charge in [-0.3, -0.25) is 0 Å². The van der Waals surface area contributed by atoms with Crippen LogP contribution in [0.15, 0.2) is 29.4 Å². The number of sulfone groups is 1. The van der Waals surface area contributed by atoms with Crippen molar-refractivity contribution < 1.29 is 58.4 Å². The van der Waals surface area contributed by atoms with Gasteiger partial charge in [-0.15, -0.1) is 0 Å². The molecule has 2 aliphatic rings. The zero-order valence-electron chi connectivity index (χ0n) is 16.0.